The van der Waals surface area contributed by atoms with Gasteiger partial charge in [-0.15, -0.1) is 0 Å². The van der Waals surface area contributed by atoms with Crippen LogP contribution in [0.1, 0.15) is 64.7 Å². The summed E-state index contributed by atoms with van der Waals surface area (Å²) in [5, 5.41) is 3.51. The third-order valence-electron chi connectivity index (χ3n) is 5.50. The maximum atomic E-state index is 5.57. The van der Waals surface area contributed by atoms with Crippen molar-refractivity contribution in [2.24, 2.45) is 5.41 Å². The highest BCUT2D eigenvalue weighted by Gasteiger charge is 2.35. The number of piperidine rings is 1. The largest absolute Gasteiger partial charge is 0.380 e. The predicted molar refractivity (Wildman–Crippen MR) is 89.8 cm³/mol. The number of hydrogen-bond acceptors (Lipinski definition) is 3. The second-order valence-corrected chi connectivity index (χ2v) is 7.12. The molecule has 0 bridgehead atoms. The topological polar surface area (TPSA) is 24.5 Å². The monoisotopic (exact) mass is 296 g/mol. The Balaban J connectivity index is 1.45. The van der Waals surface area contributed by atoms with E-state index in [9.17, 15) is 0 Å². The zero-order valence-corrected chi connectivity index (χ0v) is 14.2. The van der Waals surface area contributed by atoms with Gasteiger partial charge in [-0.05, 0) is 50.6 Å². The number of rotatable bonds is 9. The van der Waals surface area contributed by atoms with E-state index in [1.54, 1.807) is 0 Å². The third-order valence-corrected chi connectivity index (χ3v) is 5.50. The first-order chi connectivity index (χ1) is 10.3. The van der Waals surface area contributed by atoms with Crippen molar-refractivity contribution in [3.05, 3.63) is 0 Å². The average molecular weight is 296 g/mol. The van der Waals surface area contributed by atoms with Crippen LogP contribution in [0.5, 0.6) is 0 Å². The summed E-state index contributed by atoms with van der Waals surface area (Å²) in [5.74, 6) is 0. The maximum absolute atomic E-state index is 5.57. The Bertz CT molecular complexity index is 254. The lowest BCUT2D eigenvalue weighted by molar-refractivity contribution is 0.0678. The van der Waals surface area contributed by atoms with Crippen molar-refractivity contribution in [3.8, 4) is 0 Å². The molecule has 124 valence electrons. The van der Waals surface area contributed by atoms with Gasteiger partial charge in [0.15, 0.2) is 0 Å². The molecule has 0 aromatic rings. The van der Waals surface area contributed by atoms with Gasteiger partial charge < -0.3 is 15.0 Å². The Hall–Kier alpha value is -0.120. The summed E-state index contributed by atoms with van der Waals surface area (Å²) in [4.78, 5) is 2.66. The second-order valence-electron chi connectivity index (χ2n) is 7.12. The van der Waals surface area contributed by atoms with Crippen molar-refractivity contribution >= 4 is 0 Å². The van der Waals surface area contributed by atoms with Crippen molar-refractivity contribution in [2.45, 2.75) is 64.7 Å². The summed E-state index contributed by atoms with van der Waals surface area (Å²) in [6.45, 7) is 9.98. The molecule has 2 aliphatic rings. The van der Waals surface area contributed by atoms with E-state index in [0.29, 0.717) is 0 Å². The SMILES string of the molecule is CCCCOCCNCCN1CCC2(CCCCC2)CC1. The van der Waals surface area contributed by atoms with Crippen molar-refractivity contribution in [2.75, 3.05) is 45.9 Å². The Morgan fingerprint density at radius 1 is 0.952 bits per heavy atom. The first-order valence-corrected chi connectivity index (χ1v) is 9.35. The first kappa shape index (κ1) is 17.2. The maximum Gasteiger partial charge on any atom is 0.0590 e. The minimum absolute atomic E-state index is 0.745. The van der Waals surface area contributed by atoms with Gasteiger partial charge >= 0.3 is 0 Å². The highest BCUT2D eigenvalue weighted by atomic mass is 16.5. The molecule has 1 heterocycles. The summed E-state index contributed by atoms with van der Waals surface area (Å²) in [7, 11) is 0. The minimum atomic E-state index is 0.745. The van der Waals surface area contributed by atoms with Gasteiger partial charge in [0.1, 0.15) is 0 Å². The van der Waals surface area contributed by atoms with Crippen LogP contribution in [-0.4, -0.2) is 50.8 Å². The number of nitrogens with one attached hydrogen (secondary N) is 1. The fourth-order valence-electron chi connectivity index (χ4n) is 3.91. The van der Waals surface area contributed by atoms with Crippen LogP contribution >= 0.6 is 0 Å². The fourth-order valence-corrected chi connectivity index (χ4v) is 3.91. The van der Waals surface area contributed by atoms with E-state index in [2.05, 4.69) is 17.1 Å². The Kier molecular flexibility index (Phi) is 8.05. The van der Waals surface area contributed by atoms with E-state index in [1.165, 1.54) is 77.4 Å². The molecule has 1 saturated heterocycles. The summed E-state index contributed by atoms with van der Waals surface area (Å²) in [6.07, 6.45) is 12.8. The molecule has 3 heteroatoms. The Morgan fingerprint density at radius 2 is 1.71 bits per heavy atom. The smallest absolute Gasteiger partial charge is 0.0590 e. The molecule has 0 amide bonds. The molecule has 1 N–H and O–H groups in total. The standard InChI is InChI=1S/C18H36N2O/c1-2-3-16-21-17-12-19-11-15-20-13-9-18(10-14-20)7-5-4-6-8-18/h19H,2-17H2,1H3. The van der Waals surface area contributed by atoms with Crippen LogP contribution in [0.4, 0.5) is 0 Å². The summed E-state index contributed by atoms with van der Waals surface area (Å²) in [6, 6.07) is 0. The van der Waals surface area contributed by atoms with Crippen LogP contribution in [0.2, 0.25) is 0 Å². The third kappa shape index (κ3) is 6.25. The van der Waals surface area contributed by atoms with Crippen molar-refractivity contribution in [1.82, 2.24) is 10.2 Å². The van der Waals surface area contributed by atoms with Crippen molar-refractivity contribution in [1.29, 1.82) is 0 Å². The molecule has 2 fully saturated rings. The van der Waals surface area contributed by atoms with Gasteiger partial charge in [0, 0.05) is 26.2 Å². The Morgan fingerprint density at radius 3 is 2.43 bits per heavy atom. The van der Waals surface area contributed by atoms with E-state index < -0.39 is 0 Å². The van der Waals surface area contributed by atoms with Gasteiger partial charge in [0.25, 0.3) is 0 Å². The van der Waals surface area contributed by atoms with Crippen LogP contribution in [0.3, 0.4) is 0 Å². The normalized spacial score (nSPS) is 22.7. The molecule has 0 radical (unpaired) electrons. The number of likely N-dealkylation sites (tertiary alicyclic amines) is 1. The van der Waals surface area contributed by atoms with E-state index in [-0.39, 0.29) is 0 Å². The highest BCUT2D eigenvalue weighted by molar-refractivity contribution is 4.88. The van der Waals surface area contributed by atoms with Gasteiger partial charge in [0.05, 0.1) is 6.61 Å². The first-order valence-electron chi connectivity index (χ1n) is 9.35. The number of nitrogens with zero attached hydrogens (tertiary/aromatic N) is 1. The zero-order valence-electron chi connectivity index (χ0n) is 14.2. The van der Waals surface area contributed by atoms with Crippen LogP contribution in [0.15, 0.2) is 0 Å². The molecule has 1 spiro atoms. The van der Waals surface area contributed by atoms with Crippen LogP contribution in [0.25, 0.3) is 0 Å². The molecule has 2 rings (SSSR count). The molecule has 1 aliphatic carbocycles. The van der Waals surface area contributed by atoms with Gasteiger partial charge in [-0.3, -0.25) is 0 Å². The lowest BCUT2D eigenvalue weighted by Crippen LogP contribution is -2.43. The quantitative estimate of drug-likeness (QED) is 0.660. The van der Waals surface area contributed by atoms with Gasteiger partial charge in [-0.25, -0.2) is 0 Å². The summed E-state index contributed by atoms with van der Waals surface area (Å²) in [5.41, 5.74) is 0.745. The summed E-state index contributed by atoms with van der Waals surface area (Å²) >= 11 is 0. The zero-order chi connectivity index (χ0) is 14.8. The van der Waals surface area contributed by atoms with Gasteiger partial charge in [-0.2, -0.15) is 0 Å². The number of ether oxygens (including phenoxy) is 1. The predicted octanol–water partition coefficient (Wildman–Crippen LogP) is 3.44. The second kappa shape index (κ2) is 9.81. The van der Waals surface area contributed by atoms with E-state index in [1.807, 2.05) is 0 Å². The average Bonchev–Trinajstić information content (AvgIpc) is 2.53. The Labute approximate surface area is 131 Å². The lowest BCUT2D eigenvalue weighted by atomic mass is 9.68. The molecular weight excluding hydrogens is 260 g/mol. The molecule has 1 aliphatic heterocycles. The number of unbranched alkanes of at least 4 members (excludes halogenated alkanes) is 1. The van der Waals surface area contributed by atoms with Crippen molar-refractivity contribution in [3.63, 3.8) is 0 Å². The van der Waals surface area contributed by atoms with E-state index >= 15 is 0 Å². The summed E-state index contributed by atoms with van der Waals surface area (Å²) < 4.78 is 5.57. The number of hydrogen-bond donors (Lipinski definition) is 1. The molecule has 0 atom stereocenters. The minimum Gasteiger partial charge on any atom is -0.380 e. The molecule has 1 saturated carbocycles. The van der Waals surface area contributed by atoms with Crippen molar-refractivity contribution < 1.29 is 4.74 Å². The molecule has 21 heavy (non-hydrogen) atoms. The molecule has 3 nitrogen and oxygen atoms in total. The van der Waals surface area contributed by atoms with E-state index in [0.717, 1.165) is 31.7 Å². The van der Waals surface area contributed by atoms with Crippen LogP contribution in [-0.2, 0) is 4.74 Å². The van der Waals surface area contributed by atoms with Crippen LogP contribution in [0, 0.1) is 5.41 Å². The highest BCUT2D eigenvalue weighted by Crippen LogP contribution is 2.44. The molecule has 0 unspecified atom stereocenters. The molecular formula is C18H36N2O. The molecule has 0 aromatic heterocycles. The lowest BCUT2D eigenvalue weighted by Gasteiger charge is -2.44. The van der Waals surface area contributed by atoms with Gasteiger partial charge in [-0.1, -0.05) is 32.6 Å². The molecule has 0 aromatic carbocycles. The van der Waals surface area contributed by atoms with Crippen LogP contribution < -0.4 is 5.32 Å². The van der Waals surface area contributed by atoms with E-state index in [4.69, 9.17) is 4.74 Å². The fraction of sp³-hybridized carbons (Fsp3) is 1.00. The van der Waals surface area contributed by atoms with Gasteiger partial charge in [0.2, 0.25) is 0 Å².